The van der Waals surface area contributed by atoms with Crippen LogP contribution in [0.25, 0.3) is 22.3 Å². The molecule has 2 aromatic carbocycles. The highest BCUT2D eigenvalue weighted by Crippen LogP contribution is 2.48. The summed E-state index contributed by atoms with van der Waals surface area (Å²) in [5.41, 5.74) is 9.53. The smallest absolute Gasteiger partial charge is 0.164 e. The summed E-state index contributed by atoms with van der Waals surface area (Å²) < 4.78 is 8.09. The van der Waals surface area contributed by atoms with E-state index >= 15 is 0 Å². The van der Waals surface area contributed by atoms with E-state index in [2.05, 4.69) is 26.6 Å². The number of aromatic nitrogens is 4. The standard InChI is InChI=1S/C28H32N6O/c1-33-17-15-28(16-18-33)13-11-21(12-14-28)34-27-24(26(29)30-19-31-27)25(32-34)20-7-9-23(10-8-20)35-22-5-3-2-4-6-22/h2-10,19,21H,11-18H2,1H3,(H2,29,30,31). The first-order chi connectivity index (χ1) is 17.1. The van der Waals surface area contributed by atoms with Crippen LogP contribution in [0.4, 0.5) is 5.82 Å². The van der Waals surface area contributed by atoms with Gasteiger partial charge in [-0.25, -0.2) is 14.6 Å². The molecule has 35 heavy (non-hydrogen) atoms. The Kier molecular flexibility index (Phi) is 5.65. The molecule has 2 fully saturated rings. The first-order valence-corrected chi connectivity index (χ1v) is 12.6. The number of nitrogens with zero attached hydrogens (tertiary/aromatic N) is 5. The zero-order chi connectivity index (χ0) is 23.8. The van der Waals surface area contributed by atoms with Crippen molar-refractivity contribution in [3.63, 3.8) is 0 Å². The summed E-state index contributed by atoms with van der Waals surface area (Å²) in [7, 11) is 2.24. The minimum Gasteiger partial charge on any atom is -0.457 e. The Morgan fingerprint density at radius 3 is 2.29 bits per heavy atom. The minimum atomic E-state index is 0.339. The lowest BCUT2D eigenvalue weighted by atomic mass is 9.67. The molecule has 1 aliphatic carbocycles. The van der Waals surface area contributed by atoms with Crippen LogP contribution in [0.5, 0.6) is 11.5 Å². The number of anilines is 1. The van der Waals surface area contributed by atoms with Crippen LogP contribution < -0.4 is 10.5 Å². The highest BCUT2D eigenvalue weighted by molar-refractivity contribution is 5.98. The second-order valence-corrected chi connectivity index (χ2v) is 10.2. The van der Waals surface area contributed by atoms with E-state index in [4.69, 9.17) is 15.6 Å². The van der Waals surface area contributed by atoms with E-state index in [1.165, 1.54) is 38.8 Å². The van der Waals surface area contributed by atoms with Crippen molar-refractivity contribution in [2.24, 2.45) is 5.41 Å². The van der Waals surface area contributed by atoms with E-state index in [0.717, 1.165) is 46.6 Å². The van der Waals surface area contributed by atoms with Crippen LogP contribution in [-0.2, 0) is 0 Å². The van der Waals surface area contributed by atoms with Crippen LogP contribution in [-0.4, -0.2) is 44.8 Å². The van der Waals surface area contributed by atoms with E-state index in [9.17, 15) is 0 Å². The number of piperidine rings is 1. The van der Waals surface area contributed by atoms with Gasteiger partial charge in [0.1, 0.15) is 29.3 Å². The van der Waals surface area contributed by atoms with E-state index in [1.54, 1.807) is 6.33 Å². The molecule has 180 valence electrons. The molecule has 1 saturated heterocycles. The number of hydrogen-bond acceptors (Lipinski definition) is 6. The number of nitrogens with two attached hydrogens (primary N) is 1. The molecule has 1 spiro atoms. The second-order valence-electron chi connectivity index (χ2n) is 10.2. The molecule has 7 nitrogen and oxygen atoms in total. The van der Waals surface area contributed by atoms with E-state index in [1.807, 2.05) is 54.6 Å². The predicted molar refractivity (Wildman–Crippen MR) is 138 cm³/mol. The normalized spacial score (nSPS) is 18.8. The minimum absolute atomic E-state index is 0.339. The van der Waals surface area contributed by atoms with Gasteiger partial charge in [-0.3, -0.25) is 0 Å². The number of ether oxygens (including phenoxy) is 1. The Morgan fingerprint density at radius 1 is 0.886 bits per heavy atom. The van der Waals surface area contributed by atoms with Gasteiger partial charge in [0.25, 0.3) is 0 Å². The molecule has 0 amide bonds. The van der Waals surface area contributed by atoms with Gasteiger partial charge in [-0.05, 0) is 100 Å². The third kappa shape index (κ3) is 4.25. The molecule has 2 N–H and O–H groups in total. The van der Waals surface area contributed by atoms with Gasteiger partial charge < -0.3 is 15.4 Å². The molecule has 1 saturated carbocycles. The van der Waals surface area contributed by atoms with Gasteiger partial charge in [-0.2, -0.15) is 5.10 Å². The van der Waals surface area contributed by atoms with Crippen LogP contribution in [0.3, 0.4) is 0 Å². The number of likely N-dealkylation sites (tertiary alicyclic amines) is 1. The zero-order valence-corrected chi connectivity index (χ0v) is 20.2. The monoisotopic (exact) mass is 468 g/mol. The van der Waals surface area contributed by atoms with Gasteiger partial charge in [0.05, 0.1) is 11.4 Å². The van der Waals surface area contributed by atoms with Crippen molar-refractivity contribution < 1.29 is 4.74 Å². The summed E-state index contributed by atoms with van der Waals surface area (Å²) in [5, 5.41) is 5.93. The van der Waals surface area contributed by atoms with Crippen molar-refractivity contribution >= 4 is 16.9 Å². The van der Waals surface area contributed by atoms with Gasteiger partial charge >= 0.3 is 0 Å². The SMILES string of the molecule is CN1CCC2(CCC(n3nc(-c4ccc(Oc5ccccc5)cc4)c4c(N)ncnc43)CC2)CC1. The van der Waals surface area contributed by atoms with Crippen LogP contribution in [0.15, 0.2) is 60.9 Å². The zero-order valence-electron chi connectivity index (χ0n) is 20.2. The largest absolute Gasteiger partial charge is 0.457 e. The number of rotatable bonds is 4. The van der Waals surface area contributed by atoms with Gasteiger partial charge in [0.15, 0.2) is 5.65 Å². The molecule has 4 aromatic rings. The van der Waals surface area contributed by atoms with E-state index < -0.39 is 0 Å². The maximum atomic E-state index is 6.36. The molecule has 7 heteroatoms. The van der Waals surface area contributed by atoms with Gasteiger partial charge in [-0.1, -0.05) is 18.2 Å². The fraction of sp³-hybridized carbons (Fsp3) is 0.393. The molecule has 2 aliphatic rings. The van der Waals surface area contributed by atoms with E-state index in [-0.39, 0.29) is 0 Å². The Hall–Kier alpha value is -3.45. The molecule has 0 bridgehead atoms. The summed E-state index contributed by atoms with van der Waals surface area (Å²) in [5.74, 6) is 2.07. The number of benzene rings is 2. The number of nitrogen functional groups attached to an aromatic ring is 1. The Balaban J connectivity index is 1.28. The summed E-state index contributed by atoms with van der Waals surface area (Å²) in [6.07, 6.45) is 8.96. The first kappa shape index (κ1) is 22.0. The average Bonchev–Trinajstić information content (AvgIpc) is 3.29. The summed E-state index contributed by atoms with van der Waals surface area (Å²) in [6.45, 7) is 2.43. The first-order valence-electron chi connectivity index (χ1n) is 12.6. The molecule has 6 rings (SSSR count). The van der Waals surface area contributed by atoms with Crippen LogP contribution >= 0.6 is 0 Å². The molecule has 0 atom stereocenters. The number of hydrogen-bond donors (Lipinski definition) is 1. The summed E-state index contributed by atoms with van der Waals surface area (Å²) >= 11 is 0. The maximum Gasteiger partial charge on any atom is 0.164 e. The predicted octanol–water partition coefficient (Wildman–Crippen LogP) is 5.69. The average molecular weight is 469 g/mol. The Morgan fingerprint density at radius 2 is 1.57 bits per heavy atom. The molecule has 0 unspecified atom stereocenters. The molecular weight excluding hydrogens is 436 g/mol. The lowest BCUT2D eigenvalue weighted by Crippen LogP contribution is -2.40. The molecule has 2 aromatic heterocycles. The van der Waals surface area contributed by atoms with Crippen molar-refractivity contribution in [2.75, 3.05) is 25.9 Å². The van der Waals surface area contributed by atoms with Gasteiger partial charge in [0, 0.05) is 5.56 Å². The fourth-order valence-corrected chi connectivity index (χ4v) is 5.81. The third-order valence-electron chi connectivity index (χ3n) is 8.03. The van der Waals surface area contributed by atoms with E-state index in [0.29, 0.717) is 17.3 Å². The summed E-state index contributed by atoms with van der Waals surface area (Å²) in [6, 6.07) is 18.1. The lowest BCUT2D eigenvalue weighted by molar-refractivity contribution is 0.0632. The molecule has 0 radical (unpaired) electrons. The van der Waals surface area contributed by atoms with Crippen molar-refractivity contribution in [3.8, 4) is 22.8 Å². The molecular formula is C28H32N6O. The Labute approximate surface area is 205 Å². The second kappa shape index (κ2) is 8.96. The Bertz CT molecular complexity index is 1300. The third-order valence-corrected chi connectivity index (χ3v) is 8.03. The van der Waals surface area contributed by atoms with Crippen molar-refractivity contribution in [1.82, 2.24) is 24.6 Å². The number of fused-ring (bicyclic) bond motifs is 1. The van der Waals surface area contributed by atoms with Crippen molar-refractivity contribution in [1.29, 1.82) is 0 Å². The van der Waals surface area contributed by atoms with Crippen LogP contribution in [0.1, 0.15) is 44.6 Å². The maximum absolute atomic E-state index is 6.36. The molecule has 1 aliphatic heterocycles. The van der Waals surface area contributed by atoms with Gasteiger partial charge in [-0.15, -0.1) is 0 Å². The van der Waals surface area contributed by atoms with Gasteiger partial charge in [0.2, 0.25) is 0 Å². The highest BCUT2D eigenvalue weighted by atomic mass is 16.5. The number of para-hydroxylation sites is 1. The highest BCUT2D eigenvalue weighted by Gasteiger charge is 2.38. The lowest BCUT2D eigenvalue weighted by Gasteiger charge is -2.45. The summed E-state index contributed by atoms with van der Waals surface area (Å²) in [4.78, 5) is 11.4. The topological polar surface area (TPSA) is 82.1 Å². The quantitative estimate of drug-likeness (QED) is 0.414. The van der Waals surface area contributed by atoms with Crippen LogP contribution in [0, 0.1) is 5.41 Å². The fourth-order valence-electron chi connectivity index (χ4n) is 5.81. The van der Waals surface area contributed by atoms with Crippen LogP contribution in [0.2, 0.25) is 0 Å². The molecule has 3 heterocycles. The van der Waals surface area contributed by atoms with Crippen molar-refractivity contribution in [3.05, 3.63) is 60.9 Å². The van der Waals surface area contributed by atoms with Crippen molar-refractivity contribution in [2.45, 2.75) is 44.6 Å².